The average molecular weight is 394 g/mol. The minimum Gasteiger partial charge on any atom is -0.497 e. The van der Waals surface area contributed by atoms with Crippen LogP contribution >= 0.6 is 0 Å². The van der Waals surface area contributed by atoms with Gasteiger partial charge in [0.1, 0.15) is 17.2 Å². The summed E-state index contributed by atoms with van der Waals surface area (Å²) in [6.07, 6.45) is 4.18. The number of aromatic nitrogens is 2. The molecule has 1 aliphatic heterocycles. The van der Waals surface area contributed by atoms with Crippen LogP contribution in [0.3, 0.4) is 0 Å². The van der Waals surface area contributed by atoms with Crippen LogP contribution in [0, 0.1) is 0 Å². The SMILES string of the molecule is COc1ccc(NC(=O)c2nc(C(=O)NCc3ccco3)c3n2CCCC3)cc1. The lowest BCUT2D eigenvalue weighted by atomic mass is 10.1. The van der Waals surface area contributed by atoms with Crippen molar-refractivity contribution in [2.24, 2.45) is 0 Å². The fourth-order valence-electron chi connectivity index (χ4n) is 3.42. The molecular weight excluding hydrogens is 372 g/mol. The highest BCUT2D eigenvalue weighted by molar-refractivity contribution is 6.03. The molecule has 3 aromatic rings. The van der Waals surface area contributed by atoms with Crippen LogP contribution in [0.15, 0.2) is 47.1 Å². The van der Waals surface area contributed by atoms with E-state index in [1.54, 1.807) is 49.8 Å². The molecule has 8 nitrogen and oxygen atoms in total. The first-order valence-electron chi connectivity index (χ1n) is 9.51. The zero-order chi connectivity index (χ0) is 20.2. The number of amides is 2. The summed E-state index contributed by atoms with van der Waals surface area (Å²) in [4.78, 5) is 30.0. The molecule has 1 aliphatic rings. The molecule has 1 aromatic carbocycles. The van der Waals surface area contributed by atoms with E-state index in [0.29, 0.717) is 35.9 Å². The van der Waals surface area contributed by atoms with Gasteiger partial charge in [-0.25, -0.2) is 4.98 Å². The van der Waals surface area contributed by atoms with Crippen molar-refractivity contribution in [1.82, 2.24) is 14.9 Å². The van der Waals surface area contributed by atoms with Crippen molar-refractivity contribution in [3.05, 3.63) is 65.6 Å². The summed E-state index contributed by atoms with van der Waals surface area (Å²) in [5, 5.41) is 5.65. The number of nitrogens with one attached hydrogen (secondary N) is 2. The van der Waals surface area contributed by atoms with Gasteiger partial charge in [0.2, 0.25) is 0 Å². The monoisotopic (exact) mass is 394 g/mol. The van der Waals surface area contributed by atoms with E-state index >= 15 is 0 Å². The molecule has 0 radical (unpaired) electrons. The normalized spacial score (nSPS) is 12.9. The lowest BCUT2D eigenvalue weighted by molar-refractivity contribution is 0.0942. The molecule has 0 atom stereocenters. The second kappa shape index (κ2) is 8.22. The molecule has 8 heteroatoms. The van der Waals surface area contributed by atoms with Gasteiger partial charge in [-0.05, 0) is 55.7 Å². The predicted molar refractivity (Wildman–Crippen MR) is 106 cm³/mol. The number of carbonyl (C=O) groups excluding carboxylic acids is 2. The van der Waals surface area contributed by atoms with Crippen LogP contribution in [-0.2, 0) is 19.5 Å². The second-order valence-corrected chi connectivity index (χ2v) is 6.78. The van der Waals surface area contributed by atoms with Gasteiger partial charge in [0, 0.05) is 12.2 Å². The molecule has 0 fully saturated rings. The van der Waals surface area contributed by atoms with Gasteiger partial charge in [-0.1, -0.05) is 0 Å². The Bertz CT molecular complexity index is 1010. The number of furan rings is 1. The molecule has 0 saturated carbocycles. The molecule has 0 unspecified atom stereocenters. The summed E-state index contributed by atoms with van der Waals surface area (Å²) in [5.41, 5.74) is 1.73. The summed E-state index contributed by atoms with van der Waals surface area (Å²) in [5.74, 6) is 0.957. The van der Waals surface area contributed by atoms with Crippen LogP contribution in [-0.4, -0.2) is 28.5 Å². The van der Waals surface area contributed by atoms with Crippen LogP contribution in [0.4, 0.5) is 5.69 Å². The van der Waals surface area contributed by atoms with E-state index in [1.165, 1.54) is 0 Å². The minimum atomic E-state index is -0.344. The summed E-state index contributed by atoms with van der Waals surface area (Å²) >= 11 is 0. The topological polar surface area (TPSA) is 98.4 Å². The molecule has 2 aromatic heterocycles. The van der Waals surface area contributed by atoms with E-state index in [4.69, 9.17) is 9.15 Å². The van der Waals surface area contributed by atoms with Crippen LogP contribution in [0.5, 0.6) is 5.75 Å². The first-order chi connectivity index (χ1) is 14.2. The van der Waals surface area contributed by atoms with E-state index in [1.807, 2.05) is 4.57 Å². The molecule has 29 heavy (non-hydrogen) atoms. The van der Waals surface area contributed by atoms with Gasteiger partial charge in [0.05, 0.1) is 25.6 Å². The maximum atomic E-state index is 12.8. The third-order valence-corrected chi connectivity index (χ3v) is 4.89. The Balaban J connectivity index is 1.54. The second-order valence-electron chi connectivity index (χ2n) is 6.78. The minimum absolute atomic E-state index is 0.249. The first kappa shape index (κ1) is 18.8. The zero-order valence-corrected chi connectivity index (χ0v) is 16.1. The molecule has 2 N–H and O–H groups in total. The largest absolute Gasteiger partial charge is 0.497 e. The molecule has 2 amide bonds. The van der Waals surface area contributed by atoms with Crippen molar-refractivity contribution < 1.29 is 18.7 Å². The number of fused-ring (bicyclic) bond motifs is 1. The number of hydrogen-bond acceptors (Lipinski definition) is 5. The summed E-state index contributed by atoms with van der Waals surface area (Å²) in [7, 11) is 1.59. The van der Waals surface area contributed by atoms with Crippen molar-refractivity contribution >= 4 is 17.5 Å². The smallest absolute Gasteiger partial charge is 0.291 e. The first-order valence-corrected chi connectivity index (χ1v) is 9.51. The highest BCUT2D eigenvalue weighted by Gasteiger charge is 2.27. The van der Waals surface area contributed by atoms with Gasteiger partial charge >= 0.3 is 0 Å². The number of ether oxygens (including phenoxy) is 1. The number of rotatable bonds is 6. The van der Waals surface area contributed by atoms with E-state index < -0.39 is 0 Å². The number of anilines is 1. The number of carbonyl (C=O) groups is 2. The molecule has 0 spiro atoms. The summed E-state index contributed by atoms with van der Waals surface area (Å²) in [6, 6.07) is 10.6. The van der Waals surface area contributed by atoms with Gasteiger partial charge in [-0.2, -0.15) is 0 Å². The van der Waals surface area contributed by atoms with Gasteiger partial charge in [0.25, 0.3) is 11.8 Å². The highest BCUT2D eigenvalue weighted by atomic mass is 16.5. The number of methoxy groups -OCH3 is 1. The van der Waals surface area contributed by atoms with Crippen molar-refractivity contribution in [3.63, 3.8) is 0 Å². The van der Waals surface area contributed by atoms with Gasteiger partial charge < -0.3 is 24.4 Å². The maximum Gasteiger partial charge on any atom is 0.291 e. The Morgan fingerprint density at radius 3 is 2.72 bits per heavy atom. The van der Waals surface area contributed by atoms with Crippen LogP contribution in [0.2, 0.25) is 0 Å². The standard InChI is InChI=1S/C21H22N4O4/c1-28-15-9-7-14(8-10-15)23-21(27)19-24-18(17-6-2-3-11-25(17)19)20(26)22-13-16-5-4-12-29-16/h4-5,7-10,12H,2-3,6,11,13H2,1H3,(H,22,26)(H,23,27). The predicted octanol–water partition coefficient (Wildman–Crippen LogP) is 3.00. The third-order valence-electron chi connectivity index (χ3n) is 4.89. The van der Waals surface area contributed by atoms with Gasteiger partial charge in [-0.3, -0.25) is 9.59 Å². The number of imidazole rings is 1. The lowest BCUT2D eigenvalue weighted by Gasteiger charge is -2.17. The fraction of sp³-hybridized carbons (Fsp3) is 0.286. The molecule has 0 aliphatic carbocycles. The zero-order valence-electron chi connectivity index (χ0n) is 16.1. The summed E-state index contributed by atoms with van der Waals surface area (Å²) < 4.78 is 12.2. The molecule has 150 valence electrons. The Labute approximate surface area is 167 Å². The number of nitrogens with zero attached hydrogens (tertiary/aromatic N) is 2. The Morgan fingerprint density at radius 1 is 1.17 bits per heavy atom. The molecule has 0 saturated heterocycles. The van der Waals surface area contributed by atoms with Gasteiger partial charge in [0.15, 0.2) is 5.82 Å². The fourth-order valence-corrected chi connectivity index (χ4v) is 3.42. The lowest BCUT2D eigenvalue weighted by Crippen LogP contribution is -2.25. The van der Waals surface area contributed by atoms with Crippen molar-refractivity contribution in [2.75, 3.05) is 12.4 Å². The summed E-state index contributed by atoms with van der Waals surface area (Å²) in [6.45, 7) is 0.935. The third kappa shape index (κ3) is 4.01. The molecule has 3 heterocycles. The van der Waals surface area contributed by atoms with Crippen molar-refractivity contribution in [1.29, 1.82) is 0 Å². The van der Waals surface area contributed by atoms with Crippen LogP contribution in [0.25, 0.3) is 0 Å². The molecule has 0 bridgehead atoms. The average Bonchev–Trinajstić information content (AvgIpc) is 3.40. The Morgan fingerprint density at radius 2 is 2.00 bits per heavy atom. The van der Waals surface area contributed by atoms with E-state index in [-0.39, 0.29) is 24.2 Å². The highest BCUT2D eigenvalue weighted by Crippen LogP contribution is 2.22. The Kier molecular flexibility index (Phi) is 5.33. The molecular formula is C21H22N4O4. The van der Waals surface area contributed by atoms with Crippen molar-refractivity contribution in [2.45, 2.75) is 32.4 Å². The number of hydrogen-bond donors (Lipinski definition) is 2. The quantitative estimate of drug-likeness (QED) is 0.670. The van der Waals surface area contributed by atoms with Crippen LogP contribution < -0.4 is 15.4 Å². The maximum absolute atomic E-state index is 12.8. The van der Waals surface area contributed by atoms with E-state index in [9.17, 15) is 9.59 Å². The van der Waals surface area contributed by atoms with Crippen LogP contribution in [0.1, 0.15) is 45.4 Å². The van der Waals surface area contributed by atoms with E-state index in [2.05, 4.69) is 15.6 Å². The molecule has 4 rings (SSSR count). The van der Waals surface area contributed by atoms with Gasteiger partial charge in [-0.15, -0.1) is 0 Å². The van der Waals surface area contributed by atoms with E-state index in [0.717, 1.165) is 18.5 Å². The Hall–Kier alpha value is -3.55. The van der Waals surface area contributed by atoms with Crippen molar-refractivity contribution in [3.8, 4) is 5.75 Å². The number of benzene rings is 1.